The van der Waals surface area contributed by atoms with Gasteiger partial charge in [-0.3, -0.25) is 14.4 Å². The summed E-state index contributed by atoms with van der Waals surface area (Å²) in [4.78, 5) is 40.3. The van der Waals surface area contributed by atoms with Crippen LogP contribution in [0, 0.1) is 12.3 Å². The Labute approximate surface area is 146 Å². The molecule has 0 saturated carbocycles. The summed E-state index contributed by atoms with van der Waals surface area (Å²) < 4.78 is 0. The average molecular weight is 351 g/mol. The number of carbonyl (C=O) groups excluding carboxylic acids is 3. The van der Waals surface area contributed by atoms with E-state index in [1.807, 2.05) is 33.8 Å². The molecule has 0 spiro atoms. The van der Waals surface area contributed by atoms with Gasteiger partial charge in [0.25, 0.3) is 5.91 Å². The van der Waals surface area contributed by atoms with Crippen molar-refractivity contribution in [2.75, 3.05) is 31.5 Å². The van der Waals surface area contributed by atoms with Crippen LogP contribution in [0.5, 0.6) is 0 Å². The van der Waals surface area contributed by atoms with Crippen LogP contribution >= 0.6 is 11.3 Å². The van der Waals surface area contributed by atoms with Crippen molar-refractivity contribution in [1.82, 2.24) is 9.80 Å². The van der Waals surface area contributed by atoms with Gasteiger partial charge in [-0.15, -0.1) is 11.3 Å². The molecule has 7 heteroatoms. The van der Waals surface area contributed by atoms with Crippen molar-refractivity contribution in [3.8, 4) is 0 Å². The molecule has 2 heterocycles. The summed E-state index contributed by atoms with van der Waals surface area (Å²) in [5.41, 5.74) is 0.383. The fourth-order valence-corrected chi connectivity index (χ4v) is 3.46. The number of aryl methyl sites for hydroxylation is 1. The molecule has 1 aromatic rings. The van der Waals surface area contributed by atoms with Gasteiger partial charge in [0.1, 0.15) is 0 Å². The molecule has 3 amide bonds. The number of rotatable bonds is 2. The highest BCUT2D eigenvalue weighted by atomic mass is 32.1. The van der Waals surface area contributed by atoms with E-state index in [9.17, 15) is 14.4 Å². The first-order valence-corrected chi connectivity index (χ1v) is 8.88. The van der Waals surface area contributed by atoms with Crippen LogP contribution in [0.2, 0.25) is 0 Å². The number of hydrogen-bond acceptors (Lipinski definition) is 4. The number of piperazine rings is 1. The summed E-state index contributed by atoms with van der Waals surface area (Å²) in [5, 5.41) is 3.57. The third kappa shape index (κ3) is 4.14. The van der Waals surface area contributed by atoms with Gasteiger partial charge in [0.15, 0.2) is 0 Å². The second-order valence-corrected chi connectivity index (χ2v) is 8.18. The molecule has 0 atom stereocenters. The van der Waals surface area contributed by atoms with Crippen LogP contribution in [0.3, 0.4) is 0 Å². The number of amides is 3. The van der Waals surface area contributed by atoms with E-state index in [0.29, 0.717) is 36.1 Å². The van der Waals surface area contributed by atoms with E-state index in [1.165, 1.54) is 11.3 Å². The van der Waals surface area contributed by atoms with Crippen molar-refractivity contribution in [3.05, 3.63) is 16.5 Å². The number of nitrogens with zero attached hydrogens (tertiary/aromatic N) is 2. The highest BCUT2D eigenvalue weighted by Crippen LogP contribution is 2.29. The fourth-order valence-electron chi connectivity index (χ4n) is 2.42. The van der Waals surface area contributed by atoms with E-state index in [4.69, 9.17) is 0 Å². The van der Waals surface area contributed by atoms with Gasteiger partial charge in [-0.05, 0) is 18.6 Å². The lowest BCUT2D eigenvalue weighted by Crippen LogP contribution is -2.50. The summed E-state index contributed by atoms with van der Waals surface area (Å²) in [6, 6.07) is 1.84. The molecule has 1 saturated heterocycles. The average Bonchev–Trinajstić information content (AvgIpc) is 2.86. The predicted molar refractivity (Wildman–Crippen MR) is 95.3 cm³/mol. The van der Waals surface area contributed by atoms with E-state index in [0.717, 1.165) is 5.56 Å². The molecule has 0 radical (unpaired) electrons. The monoisotopic (exact) mass is 351 g/mol. The molecule has 1 aliphatic heterocycles. The van der Waals surface area contributed by atoms with E-state index < -0.39 is 5.41 Å². The molecule has 1 aromatic heterocycles. The Morgan fingerprint density at radius 1 is 1.08 bits per heavy atom. The van der Waals surface area contributed by atoms with E-state index in [2.05, 4.69) is 5.32 Å². The van der Waals surface area contributed by atoms with Crippen molar-refractivity contribution in [3.63, 3.8) is 0 Å². The minimum Gasteiger partial charge on any atom is -0.339 e. The lowest BCUT2D eigenvalue weighted by Gasteiger charge is -2.34. The molecule has 1 fully saturated rings. The summed E-state index contributed by atoms with van der Waals surface area (Å²) in [7, 11) is 0. The van der Waals surface area contributed by atoms with Crippen molar-refractivity contribution < 1.29 is 14.4 Å². The van der Waals surface area contributed by atoms with Crippen LogP contribution in [-0.4, -0.2) is 53.7 Å². The standard InChI is InChI=1S/C17H25N3O3S/c1-11-10-13(18-16(23)17(3,4)5)24-14(11)15(22)20-8-6-19(7-9-20)12(2)21/h10H,6-9H2,1-5H3,(H,18,23). The molecular weight excluding hydrogens is 326 g/mol. The second-order valence-electron chi connectivity index (χ2n) is 7.13. The SMILES string of the molecule is CC(=O)N1CCN(C(=O)c2sc(NC(=O)C(C)(C)C)cc2C)CC1. The molecule has 0 aliphatic carbocycles. The lowest BCUT2D eigenvalue weighted by atomic mass is 9.96. The van der Waals surface area contributed by atoms with Crippen molar-refractivity contribution >= 4 is 34.1 Å². The maximum atomic E-state index is 12.7. The quantitative estimate of drug-likeness (QED) is 0.889. The van der Waals surface area contributed by atoms with Crippen LogP contribution < -0.4 is 5.32 Å². The number of thiophene rings is 1. The molecule has 6 nitrogen and oxygen atoms in total. The minimum absolute atomic E-state index is 0.0306. The zero-order valence-electron chi connectivity index (χ0n) is 14.9. The van der Waals surface area contributed by atoms with Crippen LogP contribution in [0.4, 0.5) is 5.00 Å². The Morgan fingerprint density at radius 3 is 2.12 bits per heavy atom. The van der Waals surface area contributed by atoms with Crippen molar-refractivity contribution in [1.29, 1.82) is 0 Å². The Morgan fingerprint density at radius 2 is 1.62 bits per heavy atom. The summed E-state index contributed by atoms with van der Waals surface area (Å²) >= 11 is 1.31. The summed E-state index contributed by atoms with van der Waals surface area (Å²) in [6.45, 7) is 11.2. The van der Waals surface area contributed by atoms with Crippen LogP contribution in [0.1, 0.15) is 42.9 Å². The number of anilines is 1. The third-order valence-corrected chi connectivity index (χ3v) is 5.18. The molecule has 24 heavy (non-hydrogen) atoms. The lowest BCUT2D eigenvalue weighted by molar-refractivity contribution is -0.130. The maximum absolute atomic E-state index is 12.7. The van der Waals surface area contributed by atoms with Crippen LogP contribution in [0.25, 0.3) is 0 Å². The zero-order chi connectivity index (χ0) is 18.1. The topological polar surface area (TPSA) is 69.7 Å². The van der Waals surface area contributed by atoms with E-state index in [-0.39, 0.29) is 17.7 Å². The van der Waals surface area contributed by atoms with Crippen LogP contribution in [-0.2, 0) is 9.59 Å². The molecule has 1 aliphatic rings. The van der Waals surface area contributed by atoms with Gasteiger partial charge >= 0.3 is 0 Å². The first-order valence-electron chi connectivity index (χ1n) is 8.06. The molecule has 0 bridgehead atoms. The third-order valence-electron chi connectivity index (χ3n) is 4.04. The highest BCUT2D eigenvalue weighted by molar-refractivity contribution is 7.18. The van der Waals surface area contributed by atoms with Crippen molar-refractivity contribution in [2.24, 2.45) is 5.41 Å². The second kappa shape index (κ2) is 6.93. The molecule has 0 aromatic carbocycles. The van der Waals surface area contributed by atoms with Gasteiger partial charge in [0.05, 0.1) is 9.88 Å². The fraction of sp³-hybridized carbons (Fsp3) is 0.588. The smallest absolute Gasteiger partial charge is 0.264 e. The number of nitrogens with one attached hydrogen (secondary N) is 1. The Hall–Kier alpha value is -1.89. The maximum Gasteiger partial charge on any atom is 0.264 e. The Bertz CT molecular complexity index is 653. The Kier molecular flexibility index (Phi) is 5.32. The first-order chi connectivity index (χ1) is 11.1. The summed E-state index contributed by atoms with van der Waals surface area (Å²) in [5.74, 6) is -0.0589. The van der Waals surface area contributed by atoms with Gasteiger partial charge in [-0.1, -0.05) is 20.8 Å². The zero-order valence-corrected chi connectivity index (χ0v) is 15.7. The van der Waals surface area contributed by atoms with Crippen LogP contribution in [0.15, 0.2) is 6.07 Å². The van der Waals surface area contributed by atoms with Gasteiger partial charge in [-0.25, -0.2) is 0 Å². The Balaban J connectivity index is 2.06. The minimum atomic E-state index is -0.481. The molecule has 2 rings (SSSR count). The first kappa shape index (κ1) is 18.4. The van der Waals surface area contributed by atoms with E-state index >= 15 is 0 Å². The molecular formula is C17H25N3O3S. The number of hydrogen-bond donors (Lipinski definition) is 1. The largest absolute Gasteiger partial charge is 0.339 e. The highest BCUT2D eigenvalue weighted by Gasteiger charge is 2.27. The van der Waals surface area contributed by atoms with E-state index in [1.54, 1.807) is 16.7 Å². The van der Waals surface area contributed by atoms with Gasteiger partial charge in [0, 0.05) is 38.5 Å². The molecule has 1 N–H and O–H groups in total. The van der Waals surface area contributed by atoms with Gasteiger partial charge in [-0.2, -0.15) is 0 Å². The number of carbonyl (C=O) groups is 3. The molecule has 0 unspecified atom stereocenters. The van der Waals surface area contributed by atoms with Crippen molar-refractivity contribution in [2.45, 2.75) is 34.6 Å². The van der Waals surface area contributed by atoms with Gasteiger partial charge in [0.2, 0.25) is 11.8 Å². The predicted octanol–water partition coefficient (Wildman–Crippen LogP) is 2.35. The molecule has 132 valence electrons. The van der Waals surface area contributed by atoms with Gasteiger partial charge < -0.3 is 15.1 Å². The summed E-state index contributed by atoms with van der Waals surface area (Å²) in [6.07, 6.45) is 0. The normalized spacial score (nSPS) is 15.4.